The summed E-state index contributed by atoms with van der Waals surface area (Å²) < 4.78 is 2.16. The monoisotopic (exact) mass is 403 g/mol. The summed E-state index contributed by atoms with van der Waals surface area (Å²) in [6, 6.07) is 16.9. The average molecular weight is 404 g/mol. The Morgan fingerprint density at radius 2 is 1.93 bits per heavy atom. The third-order valence-electron chi connectivity index (χ3n) is 6.42. The Bertz CT molecular complexity index is 1050. The molecule has 1 aromatic heterocycles. The fraction of sp³-hybridized carbons (Fsp3) is 0.417. The van der Waals surface area contributed by atoms with Crippen molar-refractivity contribution in [1.82, 2.24) is 19.8 Å². The first-order valence-corrected chi connectivity index (χ1v) is 11.0. The number of imidazole rings is 1. The molecule has 3 aromatic rings. The van der Waals surface area contributed by atoms with Crippen LogP contribution >= 0.6 is 0 Å². The molecule has 1 N–H and O–H groups in total. The molecule has 0 saturated carbocycles. The fourth-order valence-electron chi connectivity index (χ4n) is 4.76. The van der Waals surface area contributed by atoms with E-state index in [2.05, 4.69) is 69.2 Å². The minimum Gasteiger partial charge on any atom is -0.370 e. The molecular formula is C24H29N5O. The van der Waals surface area contributed by atoms with Gasteiger partial charge in [-0.2, -0.15) is 0 Å². The number of nitrogens with one attached hydrogen (secondary N) is 1. The summed E-state index contributed by atoms with van der Waals surface area (Å²) in [4.78, 5) is 22.1. The highest BCUT2D eigenvalue weighted by Crippen LogP contribution is 2.27. The number of amides is 1. The first-order valence-electron chi connectivity index (χ1n) is 11.0. The standard InChI is InChI=1S/C24H29N5O/c1-27-22-11-3-2-9-20(22)26-23(27)18-7-4-8-19(17-18)28-13-6-14-29(16-15-28)24(30)21-10-5-12-25-21/h2-4,7-9,11,17,21,25H,5-6,10,12-16H2,1H3/t21-/m0/s1. The Morgan fingerprint density at radius 1 is 1.03 bits per heavy atom. The van der Waals surface area contributed by atoms with Crippen LogP contribution in [-0.2, 0) is 11.8 Å². The Labute approximate surface area is 177 Å². The van der Waals surface area contributed by atoms with Crippen molar-refractivity contribution in [3.63, 3.8) is 0 Å². The molecule has 2 fully saturated rings. The zero-order chi connectivity index (χ0) is 20.5. The van der Waals surface area contributed by atoms with Gasteiger partial charge in [0.15, 0.2) is 0 Å². The SMILES string of the molecule is Cn1c(-c2cccc(N3CCCN(C(=O)[C@@H]4CCCN4)CC3)c2)nc2ccccc21. The Hall–Kier alpha value is -2.86. The largest absolute Gasteiger partial charge is 0.370 e. The molecule has 5 rings (SSSR count). The van der Waals surface area contributed by atoms with Crippen molar-refractivity contribution < 1.29 is 4.79 Å². The van der Waals surface area contributed by atoms with E-state index in [1.165, 1.54) is 5.69 Å². The summed E-state index contributed by atoms with van der Waals surface area (Å²) in [5, 5.41) is 3.34. The minimum absolute atomic E-state index is 0.0254. The Kier molecular flexibility index (Phi) is 5.17. The summed E-state index contributed by atoms with van der Waals surface area (Å²) in [6.45, 7) is 4.43. The predicted octanol–water partition coefficient (Wildman–Crippen LogP) is 3.03. The lowest BCUT2D eigenvalue weighted by atomic mass is 10.1. The molecule has 2 aromatic carbocycles. The number of hydrogen-bond acceptors (Lipinski definition) is 4. The summed E-state index contributed by atoms with van der Waals surface area (Å²) in [5.41, 5.74) is 4.48. The number of rotatable bonds is 3. The maximum atomic E-state index is 12.8. The smallest absolute Gasteiger partial charge is 0.239 e. The fourth-order valence-corrected chi connectivity index (χ4v) is 4.76. The maximum absolute atomic E-state index is 12.8. The van der Waals surface area contributed by atoms with Crippen LogP contribution in [0.3, 0.4) is 0 Å². The predicted molar refractivity (Wildman–Crippen MR) is 121 cm³/mol. The first-order chi connectivity index (χ1) is 14.7. The van der Waals surface area contributed by atoms with Gasteiger partial charge in [0, 0.05) is 44.5 Å². The molecule has 2 saturated heterocycles. The number of anilines is 1. The van der Waals surface area contributed by atoms with Gasteiger partial charge in [0.25, 0.3) is 0 Å². The van der Waals surface area contributed by atoms with Crippen molar-refractivity contribution in [2.75, 3.05) is 37.6 Å². The zero-order valence-electron chi connectivity index (χ0n) is 17.6. The minimum atomic E-state index is 0.0254. The second kappa shape index (κ2) is 8.11. The summed E-state index contributed by atoms with van der Waals surface area (Å²) in [6.07, 6.45) is 3.07. The topological polar surface area (TPSA) is 53.4 Å². The first kappa shape index (κ1) is 19.1. The van der Waals surface area contributed by atoms with Crippen LogP contribution in [0.1, 0.15) is 19.3 Å². The van der Waals surface area contributed by atoms with Crippen LogP contribution in [0.5, 0.6) is 0 Å². The van der Waals surface area contributed by atoms with Gasteiger partial charge < -0.3 is 19.7 Å². The molecule has 0 spiro atoms. The van der Waals surface area contributed by atoms with Crippen LogP contribution in [-0.4, -0.2) is 59.1 Å². The van der Waals surface area contributed by atoms with E-state index in [4.69, 9.17) is 4.98 Å². The van der Waals surface area contributed by atoms with Gasteiger partial charge in [0.05, 0.1) is 17.1 Å². The second-order valence-corrected chi connectivity index (χ2v) is 8.35. The second-order valence-electron chi connectivity index (χ2n) is 8.35. The number of fused-ring (bicyclic) bond motifs is 1. The van der Waals surface area contributed by atoms with Gasteiger partial charge >= 0.3 is 0 Å². The summed E-state index contributed by atoms with van der Waals surface area (Å²) in [5.74, 6) is 1.26. The molecule has 6 heteroatoms. The molecule has 0 aliphatic carbocycles. The van der Waals surface area contributed by atoms with E-state index in [9.17, 15) is 4.79 Å². The maximum Gasteiger partial charge on any atom is 0.239 e. The zero-order valence-corrected chi connectivity index (χ0v) is 17.6. The van der Waals surface area contributed by atoms with Gasteiger partial charge in [-0.15, -0.1) is 0 Å². The van der Waals surface area contributed by atoms with Gasteiger partial charge in [0.2, 0.25) is 5.91 Å². The number of aromatic nitrogens is 2. The van der Waals surface area contributed by atoms with E-state index in [0.717, 1.165) is 74.4 Å². The number of nitrogens with zero attached hydrogens (tertiary/aromatic N) is 4. The number of carbonyl (C=O) groups is 1. The van der Waals surface area contributed by atoms with E-state index >= 15 is 0 Å². The van der Waals surface area contributed by atoms with Crippen molar-refractivity contribution in [2.24, 2.45) is 7.05 Å². The molecule has 6 nitrogen and oxygen atoms in total. The van der Waals surface area contributed by atoms with Gasteiger partial charge in [-0.05, 0) is 50.1 Å². The van der Waals surface area contributed by atoms with Crippen molar-refractivity contribution in [2.45, 2.75) is 25.3 Å². The number of carbonyl (C=O) groups excluding carboxylic acids is 1. The average Bonchev–Trinajstić information content (AvgIpc) is 3.35. The van der Waals surface area contributed by atoms with E-state index in [1.54, 1.807) is 0 Å². The molecule has 1 atom stereocenters. The van der Waals surface area contributed by atoms with Crippen molar-refractivity contribution in [1.29, 1.82) is 0 Å². The Morgan fingerprint density at radius 3 is 2.77 bits per heavy atom. The highest BCUT2D eigenvalue weighted by molar-refractivity contribution is 5.82. The molecule has 2 aliphatic rings. The quantitative estimate of drug-likeness (QED) is 0.730. The molecule has 30 heavy (non-hydrogen) atoms. The van der Waals surface area contributed by atoms with E-state index in [0.29, 0.717) is 0 Å². The third-order valence-corrected chi connectivity index (χ3v) is 6.42. The van der Waals surface area contributed by atoms with E-state index in [1.807, 2.05) is 6.07 Å². The van der Waals surface area contributed by atoms with Crippen molar-refractivity contribution in [3.8, 4) is 11.4 Å². The Balaban J connectivity index is 1.35. The van der Waals surface area contributed by atoms with Gasteiger partial charge in [0.1, 0.15) is 5.82 Å². The van der Waals surface area contributed by atoms with Crippen LogP contribution in [0, 0.1) is 0 Å². The molecule has 2 aliphatic heterocycles. The van der Waals surface area contributed by atoms with Gasteiger partial charge in [-0.1, -0.05) is 24.3 Å². The lowest BCUT2D eigenvalue weighted by Gasteiger charge is -2.25. The molecule has 0 radical (unpaired) electrons. The third kappa shape index (κ3) is 3.56. The number of hydrogen-bond donors (Lipinski definition) is 1. The number of para-hydroxylation sites is 2. The summed E-state index contributed by atoms with van der Waals surface area (Å²) >= 11 is 0. The van der Waals surface area contributed by atoms with Gasteiger partial charge in [-0.25, -0.2) is 4.98 Å². The highest BCUT2D eigenvalue weighted by atomic mass is 16.2. The molecule has 0 unspecified atom stereocenters. The molecule has 156 valence electrons. The van der Waals surface area contributed by atoms with Crippen LogP contribution in [0.4, 0.5) is 5.69 Å². The van der Waals surface area contributed by atoms with Crippen LogP contribution in [0.15, 0.2) is 48.5 Å². The van der Waals surface area contributed by atoms with Crippen LogP contribution < -0.4 is 10.2 Å². The van der Waals surface area contributed by atoms with Crippen molar-refractivity contribution >= 4 is 22.6 Å². The van der Waals surface area contributed by atoms with Crippen molar-refractivity contribution in [3.05, 3.63) is 48.5 Å². The van der Waals surface area contributed by atoms with Crippen LogP contribution in [0.2, 0.25) is 0 Å². The van der Waals surface area contributed by atoms with Gasteiger partial charge in [-0.3, -0.25) is 4.79 Å². The summed E-state index contributed by atoms with van der Waals surface area (Å²) in [7, 11) is 2.07. The van der Waals surface area contributed by atoms with E-state index in [-0.39, 0.29) is 11.9 Å². The lowest BCUT2D eigenvalue weighted by Crippen LogP contribution is -2.45. The van der Waals surface area contributed by atoms with E-state index < -0.39 is 0 Å². The molecule has 0 bridgehead atoms. The number of aryl methyl sites for hydroxylation is 1. The number of benzene rings is 2. The van der Waals surface area contributed by atoms with Crippen LogP contribution in [0.25, 0.3) is 22.4 Å². The normalized spacial score (nSPS) is 20.0. The molecule has 3 heterocycles. The highest BCUT2D eigenvalue weighted by Gasteiger charge is 2.28. The molecule has 1 amide bonds. The lowest BCUT2D eigenvalue weighted by molar-refractivity contribution is -0.132. The molecular weight excluding hydrogens is 374 g/mol.